The number of methoxy groups -OCH3 is 3. The number of aromatic nitrogens is 2. The third kappa shape index (κ3) is 10.3. The van der Waals surface area contributed by atoms with Crippen LogP contribution in [0.25, 0.3) is 0 Å². The first-order valence-electron chi connectivity index (χ1n) is 19.2. The number of rotatable bonds is 19. The molecule has 1 amide bonds. The Labute approximate surface area is 353 Å². The van der Waals surface area contributed by atoms with E-state index in [4.69, 9.17) is 38.5 Å². The fourth-order valence-corrected chi connectivity index (χ4v) is 8.97. The van der Waals surface area contributed by atoms with Gasteiger partial charge in [0.25, 0.3) is 8.53 Å². The number of nitrogen functional groups attached to an aromatic ring is 1. The molecule has 0 saturated carbocycles. The van der Waals surface area contributed by atoms with Gasteiger partial charge in [-0.05, 0) is 74.7 Å². The lowest BCUT2D eigenvalue weighted by molar-refractivity contribution is -0.203. The highest BCUT2D eigenvalue weighted by Gasteiger charge is 2.63. The molecule has 4 aromatic rings. The normalized spacial score (nSPS) is 19.8. The fourth-order valence-electron chi connectivity index (χ4n) is 7.18. The molecule has 19 heteroatoms. The Morgan fingerprint density at radius 2 is 1.51 bits per heavy atom. The summed E-state index contributed by atoms with van der Waals surface area (Å²) in [6.07, 6.45) is -9.00. The van der Waals surface area contributed by atoms with Crippen molar-refractivity contribution >= 4 is 20.3 Å². The number of nitrogens with one attached hydrogen (secondary N) is 1. The van der Waals surface area contributed by atoms with Crippen LogP contribution in [-0.4, -0.2) is 90.9 Å². The summed E-state index contributed by atoms with van der Waals surface area (Å²) in [5, 5.41) is 11.5. The van der Waals surface area contributed by atoms with Crippen molar-refractivity contribution in [2.45, 2.75) is 82.1 Å². The molecule has 1 aliphatic heterocycles. The van der Waals surface area contributed by atoms with Gasteiger partial charge in [0, 0.05) is 25.4 Å². The van der Waals surface area contributed by atoms with Gasteiger partial charge in [-0.1, -0.05) is 54.6 Å². The Kier molecular flexibility index (Phi) is 15.5. The van der Waals surface area contributed by atoms with Crippen LogP contribution in [0.1, 0.15) is 57.0 Å². The summed E-state index contributed by atoms with van der Waals surface area (Å²) in [6.45, 7) is 6.49. The molecule has 3 aromatic carbocycles. The van der Waals surface area contributed by atoms with Crippen molar-refractivity contribution in [3.63, 3.8) is 0 Å². The molecular weight excluding hydrogens is 820 g/mol. The summed E-state index contributed by atoms with van der Waals surface area (Å²) in [5.74, 6) is -1.51. The standard InChI is InChI=1S/C42H50F3N6O9P/c1-27(2)51(28(3)4)61(58-25-11-23-46)60-36-35(56-7)37(50-24-22-34(47)48-39(50)53)59-40(36,49-38(52)42(43,44)45)26-57-41(29-12-9-8-10-13-29,30-14-18-32(54-5)19-15-30)31-16-20-33(55-6)21-17-31/h8-10,12-22,24,27-28,35-37H,11,25-26H2,1-7H3,(H,49,52)(H2,47,48,53)/t35-,36+,37-,40-,61?/m1/s1. The van der Waals surface area contributed by atoms with Gasteiger partial charge in [-0.15, -0.1) is 0 Å². The Morgan fingerprint density at radius 1 is 0.951 bits per heavy atom. The molecule has 5 rings (SSSR count). The number of hydrogen-bond donors (Lipinski definition) is 2. The predicted octanol–water partition coefficient (Wildman–Crippen LogP) is 6.43. The largest absolute Gasteiger partial charge is 0.497 e. The van der Waals surface area contributed by atoms with Gasteiger partial charge in [0.1, 0.15) is 35.1 Å². The molecule has 0 bridgehead atoms. The molecule has 0 radical (unpaired) electrons. The first kappa shape index (κ1) is 46.9. The van der Waals surface area contributed by atoms with Gasteiger partial charge in [-0.2, -0.15) is 23.4 Å². The third-order valence-electron chi connectivity index (χ3n) is 9.89. The zero-order valence-electron chi connectivity index (χ0n) is 34.8. The van der Waals surface area contributed by atoms with E-state index in [1.807, 2.05) is 38.4 Å². The second-order valence-corrected chi connectivity index (χ2v) is 15.9. The van der Waals surface area contributed by atoms with E-state index in [1.165, 1.54) is 33.6 Å². The first-order valence-corrected chi connectivity index (χ1v) is 20.4. The van der Waals surface area contributed by atoms with Crippen molar-refractivity contribution in [3.05, 3.63) is 118 Å². The summed E-state index contributed by atoms with van der Waals surface area (Å²) in [4.78, 5) is 30.7. The maximum Gasteiger partial charge on any atom is 0.471 e. The van der Waals surface area contributed by atoms with Crippen molar-refractivity contribution in [2.75, 3.05) is 40.3 Å². The number of nitriles is 1. The quantitative estimate of drug-likeness (QED) is 0.0598. The summed E-state index contributed by atoms with van der Waals surface area (Å²) in [7, 11) is 2.00. The molecule has 5 atom stereocenters. The van der Waals surface area contributed by atoms with Crippen molar-refractivity contribution < 1.29 is 50.7 Å². The number of amides is 1. The Morgan fingerprint density at radius 3 is 1.98 bits per heavy atom. The minimum absolute atomic E-state index is 0.0431. The van der Waals surface area contributed by atoms with Crippen LogP contribution in [-0.2, 0) is 33.7 Å². The van der Waals surface area contributed by atoms with Crippen LogP contribution in [0.5, 0.6) is 11.5 Å². The highest BCUT2D eigenvalue weighted by Crippen LogP contribution is 2.53. The second-order valence-electron chi connectivity index (χ2n) is 14.5. The minimum atomic E-state index is -5.44. The van der Waals surface area contributed by atoms with Crippen LogP contribution in [0.4, 0.5) is 19.0 Å². The number of benzene rings is 3. The van der Waals surface area contributed by atoms with Crippen LogP contribution < -0.4 is 26.2 Å². The van der Waals surface area contributed by atoms with Crippen LogP contribution >= 0.6 is 8.53 Å². The van der Waals surface area contributed by atoms with Gasteiger partial charge in [0.05, 0.1) is 39.9 Å². The molecule has 1 unspecified atom stereocenters. The van der Waals surface area contributed by atoms with E-state index in [0.29, 0.717) is 28.2 Å². The Hall–Kier alpha value is -5.12. The highest BCUT2D eigenvalue weighted by molar-refractivity contribution is 7.44. The molecule has 1 fully saturated rings. The topological polar surface area (TPSA) is 182 Å². The van der Waals surface area contributed by atoms with E-state index >= 15 is 0 Å². The van der Waals surface area contributed by atoms with E-state index in [0.717, 1.165) is 4.57 Å². The van der Waals surface area contributed by atoms with E-state index in [1.54, 1.807) is 78.9 Å². The number of alkyl halides is 3. The van der Waals surface area contributed by atoms with Gasteiger partial charge >= 0.3 is 17.8 Å². The predicted molar refractivity (Wildman–Crippen MR) is 219 cm³/mol. The molecule has 0 spiro atoms. The monoisotopic (exact) mass is 870 g/mol. The van der Waals surface area contributed by atoms with Gasteiger partial charge in [-0.25, -0.2) is 9.46 Å². The maximum absolute atomic E-state index is 14.6. The average Bonchev–Trinajstić information content (AvgIpc) is 3.52. The molecule has 1 saturated heterocycles. The Bertz CT molecular complexity index is 2100. The van der Waals surface area contributed by atoms with Crippen molar-refractivity contribution in [1.29, 1.82) is 5.26 Å². The summed E-state index contributed by atoms with van der Waals surface area (Å²) < 4.78 is 90.1. The number of halogens is 3. The van der Waals surface area contributed by atoms with E-state index < -0.39 is 62.7 Å². The van der Waals surface area contributed by atoms with Crippen LogP contribution in [0, 0.1) is 11.3 Å². The first-order chi connectivity index (χ1) is 29.0. The maximum atomic E-state index is 14.6. The number of nitrogens with two attached hydrogens (primary N) is 1. The van der Waals surface area contributed by atoms with E-state index in [9.17, 15) is 28.0 Å². The lowest BCUT2D eigenvalue weighted by Crippen LogP contribution is -2.63. The number of carbonyl (C=O) groups is 1. The Balaban J connectivity index is 1.81. The number of carbonyl (C=O) groups excluding carboxylic acids is 1. The molecule has 328 valence electrons. The zero-order chi connectivity index (χ0) is 44.5. The van der Waals surface area contributed by atoms with Gasteiger partial charge < -0.3 is 43.8 Å². The van der Waals surface area contributed by atoms with Crippen molar-refractivity contribution in [1.82, 2.24) is 19.5 Å². The molecule has 61 heavy (non-hydrogen) atoms. The third-order valence-corrected chi connectivity index (χ3v) is 12.0. The molecule has 0 aliphatic carbocycles. The molecule has 1 aromatic heterocycles. The van der Waals surface area contributed by atoms with E-state index in [-0.39, 0.29) is 30.9 Å². The summed E-state index contributed by atoms with van der Waals surface area (Å²) in [6, 6.07) is 25.5. The fraction of sp³-hybridized carbons (Fsp3) is 0.429. The average molecular weight is 871 g/mol. The van der Waals surface area contributed by atoms with Crippen LogP contribution in [0.3, 0.4) is 0 Å². The minimum Gasteiger partial charge on any atom is -0.497 e. The molecule has 15 nitrogen and oxygen atoms in total. The SMILES string of the molecule is COc1ccc(C(OC[C@@]2(NC(=O)C(F)(F)F)O[C@@H](n3ccc(N)nc3=O)[C@H](OC)[C@@H]2OP(OCCC#N)N(C(C)C)C(C)C)(c2ccccc2)c2ccc(OC)cc2)cc1. The molecular formula is C42H50F3N6O9P. The second kappa shape index (κ2) is 20.2. The lowest BCUT2D eigenvalue weighted by atomic mass is 9.80. The number of hydrogen-bond acceptors (Lipinski definition) is 13. The smallest absolute Gasteiger partial charge is 0.471 e. The molecule has 1 aliphatic rings. The van der Waals surface area contributed by atoms with Gasteiger partial charge in [-0.3, -0.25) is 9.36 Å². The summed E-state index contributed by atoms with van der Waals surface area (Å²) in [5.41, 5.74) is 2.16. The highest BCUT2D eigenvalue weighted by atomic mass is 31.2. The molecule has 3 N–H and O–H groups in total. The molecule has 2 heterocycles. The van der Waals surface area contributed by atoms with Crippen molar-refractivity contribution in [2.24, 2.45) is 0 Å². The van der Waals surface area contributed by atoms with E-state index in [2.05, 4.69) is 10.3 Å². The summed E-state index contributed by atoms with van der Waals surface area (Å²) >= 11 is 0. The number of anilines is 1. The lowest BCUT2D eigenvalue weighted by Gasteiger charge is -2.43. The van der Waals surface area contributed by atoms with Gasteiger partial charge in [0.2, 0.25) is 0 Å². The van der Waals surface area contributed by atoms with Crippen LogP contribution in [0.2, 0.25) is 0 Å². The zero-order valence-corrected chi connectivity index (χ0v) is 35.7. The van der Waals surface area contributed by atoms with Crippen LogP contribution in [0.15, 0.2) is 95.9 Å². The number of nitrogens with zero attached hydrogens (tertiary/aromatic N) is 4. The number of ether oxygens (including phenoxy) is 5. The van der Waals surface area contributed by atoms with Crippen molar-refractivity contribution in [3.8, 4) is 17.6 Å². The van der Waals surface area contributed by atoms with Gasteiger partial charge in [0.15, 0.2) is 12.0 Å².